The van der Waals surface area contributed by atoms with Crippen molar-refractivity contribution in [2.75, 3.05) is 11.5 Å². The molecule has 0 aliphatic rings. The number of hydrogen-bond acceptors (Lipinski definition) is 4. The molecule has 5 nitrogen and oxygen atoms in total. The Bertz CT molecular complexity index is 238. The molecule has 1 aromatic heterocycles. The molecule has 10 heavy (non-hydrogen) atoms. The third-order valence-corrected chi connectivity index (χ3v) is 1.40. The van der Waals surface area contributed by atoms with Gasteiger partial charge in [-0.2, -0.15) is 5.10 Å². The van der Waals surface area contributed by atoms with Crippen LogP contribution < -0.4 is 17.2 Å². The first-order chi connectivity index (χ1) is 4.66. The number of nitrogens with zero attached hydrogens (tertiary/aromatic N) is 2. The predicted molar refractivity (Wildman–Crippen MR) is 39.9 cm³/mol. The van der Waals surface area contributed by atoms with E-state index < -0.39 is 0 Å². The second kappa shape index (κ2) is 2.18. The van der Waals surface area contributed by atoms with Crippen molar-refractivity contribution in [3.8, 4) is 0 Å². The molecule has 0 fully saturated rings. The smallest absolute Gasteiger partial charge is 0.145 e. The number of aromatic nitrogens is 2. The second-order valence-electron chi connectivity index (χ2n) is 2.07. The van der Waals surface area contributed by atoms with E-state index in [1.54, 1.807) is 7.05 Å². The van der Waals surface area contributed by atoms with E-state index in [2.05, 4.69) is 5.10 Å². The van der Waals surface area contributed by atoms with Gasteiger partial charge in [0.2, 0.25) is 0 Å². The van der Waals surface area contributed by atoms with Crippen LogP contribution in [0.5, 0.6) is 0 Å². The fourth-order valence-electron chi connectivity index (χ4n) is 0.762. The van der Waals surface area contributed by atoms with Gasteiger partial charge in [0.05, 0.1) is 5.69 Å². The maximum Gasteiger partial charge on any atom is 0.145 e. The van der Waals surface area contributed by atoms with Crippen LogP contribution in [0, 0.1) is 0 Å². The van der Waals surface area contributed by atoms with Gasteiger partial charge in [-0.05, 0) is 0 Å². The van der Waals surface area contributed by atoms with E-state index in [4.69, 9.17) is 17.2 Å². The lowest BCUT2D eigenvalue weighted by Crippen LogP contribution is -2.00. The lowest BCUT2D eigenvalue weighted by Gasteiger charge is -1.91. The first-order valence-corrected chi connectivity index (χ1v) is 2.93. The van der Waals surface area contributed by atoms with Crippen molar-refractivity contribution in [2.24, 2.45) is 12.8 Å². The van der Waals surface area contributed by atoms with Gasteiger partial charge in [0.15, 0.2) is 0 Å². The molecule has 0 amide bonds. The summed E-state index contributed by atoms with van der Waals surface area (Å²) in [7, 11) is 1.73. The number of nitrogens with two attached hydrogens (primary N) is 3. The SMILES string of the molecule is Cn1nc(CN)c(N)c1N. The van der Waals surface area contributed by atoms with E-state index in [9.17, 15) is 0 Å². The molecule has 0 radical (unpaired) electrons. The summed E-state index contributed by atoms with van der Waals surface area (Å²) in [5.41, 5.74) is 17.5. The lowest BCUT2D eigenvalue weighted by atomic mass is 10.3. The van der Waals surface area contributed by atoms with Crippen molar-refractivity contribution >= 4 is 11.5 Å². The van der Waals surface area contributed by atoms with Gasteiger partial charge in [-0.3, -0.25) is 4.68 Å². The Labute approximate surface area is 58.8 Å². The Balaban J connectivity index is 3.17. The molecule has 5 heteroatoms. The van der Waals surface area contributed by atoms with Crippen molar-refractivity contribution in [2.45, 2.75) is 6.54 Å². The molecule has 6 N–H and O–H groups in total. The first kappa shape index (κ1) is 6.88. The number of hydrogen-bond donors (Lipinski definition) is 3. The van der Waals surface area contributed by atoms with E-state index >= 15 is 0 Å². The van der Waals surface area contributed by atoms with Gasteiger partial charge in [0, 0.05) is 13.6 Å². The number of rotatable bonds is 1. The highest BCUT2D eigenvalue weighted by molar-refractivity contribution is 5.61. The summed E-state index contributed by atoms with van der Waals surface area (Å²) < 4.78 is 1.51. The summed E-state index contributed by atoms with van der Waals surface area (Å²) in [5.74, 6) is 0.473. The normalized spacial score (nSPS) is 10.2. The maximum absolute atomic E-state index is 5.53. The van der Waals surface area contributed by atoms with Gasteiger partial charge in [-0.1, -0.05) is 0 Å². The van der Waals surface area contributed by atoms with Crippen LogP contribution in [0.3, 0.4) is 0 Å². The van der Waals surface area contributed by atoms with Crippen molar-refractivity contribution < 1.29 is 0 Å². The van der Waals surface area contributed by atoms with Crippen LogP contribution in [0.2, 0.25) is 0 Å². The lowest BCUT2D eigenvalue weighted by molar-refractivity contribution is 0.752. The number of aryl methyl sites for hydroxylation is 1. The Hall–Kier alpha value is -1.23. The van der Waals surface area contributed by atoms with Crippen molar-refractivity contribution in [1.82, 2.24) is 9.78 Å². The minimum absolute atomic E-state index is 0.330. The van der Waals surface area contributed by atoms with Gasteiger partial charge in [-0.15, -0.1) is 0 Å². The molecule has 1 aromatic rings. The van der Waals surface area contributed by atoms with Gasteiger partial charge in [0.25, 0.3) is 0 Å². The van der Waals surface area contributed by atoms with Crippen LogP contribution in [0.1, 0.15) is 5.69 Å². The highest BCUT2D eigenvalue weighted by Gasteiger charge is 2.06. The Morgan fingerprint density at radius 3 is 2.30 bits per heavy atom. The summed E-state index contributed by atoms with van der Waals surface area (Å²) in [4.78, 5) is 0. The van der Waals surface area contributed by atoms with Crippen LogP contribution >= 0.6 is 0 Å². The predicted octanol–water partition coefficient (Wildman–Crippen LogP) is -0.957. The average molecular weight is 141 g/mol. The van der Waals surface area contributed by atoms with Crippen LogP contribution in [0.15, 0.2) is 0 Å². The van der Waals surface area contributed by atoms with Crippen molar-refractivity contribution in [3.05, 3.63) is 5.69 Å². The Morgan fingerprint density at radius 1 is 1.50 bits per heavy atom. The molecule has 0 aliphatic heterocycles. The minimum atomic E-state index is 0.330. The molecule has 0 aliphatic carbocycles. The topological polar surface area (TPSA) is 95.9 Å². The zero-order chi connectivity index (χ0) is 7.72. The molecular formula is C5H11N5. The fourth-order valence-corrected chi connectivity index (χ4v) is 0.762. The largest absolute Gasteiger partial charge is 0.394 e. The molecule has 0 bridgehead atoms. The van der Waals surface area contributed by atoms with E-state index in [-0.39, 0.29) is 0 Å². The molecule has 0 saturated heterocycles. The van der Waals surface area contributed by atoms with Gasteiger partial charge in [0.1, 0.15) is 11.5 Å². The quantitative estimate of drug-likeness (QED) is 0.469. The second-order valence-corrected chi connectivity index (χ2v) is 2.07. The van der Waals surface area contributed by atoms with Gasteiger partial charge >= 0.3 is 0 Å². The first-order valence-electron chi connectivity index (χ1n) is 2.93. The maximum atomic E-state index is 5.53. The van der Waals surface area contributed by atoms with E-state index in [0.717, 1.165) is 0 Å². The third kappa shape index (κ3) is 0.801. The molecule has 1 rings (SSSR count). The Morgan fingerprint density at radius 2 is 2.10 bits per heavy atom. The number of anilines is 2. The summed E-state index contributed by atoms with van der Waals surface area (Å²) >= 11 is 0. The molecule has 56 valence electrons. The molecule has 0 saturated carbocycles. The highest BCUT2D eigenvalue weighted by Crippen LogP contribution is 2.16. The van der Waals surface area contributed by atoms with Crippen LogP contribution in [-0.4, -0.2) is 9.78 Å². The molecule has 0 aromatic carbocycles. The van der Waals surface area contributed by atoms with E-state index in [0.29, 0.717) is 23.7 Å². The van der Waals surface area contributed by atoms with Crippen molar-refractivity contribution in [1.29, 1.82) is 0 Å². The molecule has 0 atom stereocenters. The monoisotopic (exact) mass is 141 g/mol. The third-order valence-electron chi connectivity index (χ3n) is 1.40. The molecule has 1 heterocycles. The van der Waals surface area contributed by atoms with E-state index in [1.807, 2.05) is 0 Å². The zero-order valence-electron chi connectivity index (χ0n) is 5.83. The average Bonchev–Trinajstić information content (AvgIpc) is 2.17. The van der Waals surface area contributed by atoms with Crippen LogP contribution in [0.25, 0.3) is 0 Å². The summed E-state index contributed by atoms with van der Waals surface area (Å²) in [6, 6.07) is 0. The summed E-state index contributed by atoms with van der Waals surface area (Å²) in [6.07, 6.45) is 0. The molecular weight excluding hydrogens is 130 g/mol. The molecule has 0 spiro atoms. The molecule has 0 unspecified atom stereocenters. The fraction of sp³-hybridized carbons (Fsp3) is 0.400. The highest BCUT2D eigenvalue weighted by atomic mass is 15.3. The summed E-state index contributed by atoms with van der Waals surface area (Å²) in [5, 5.41) is 3.97. The number of nitrogen functional groups attached to an aromatic ring is 2. The van der Waals surface area contributed by atoms with Gasteiger partial charge in [-0.25, -0.2) is 0 Å². The van der Waals surface area contributed by atoms with Crippen molar-refractivity contribution in [3.63, 3.8) is 0 Å². The minimum Gasteiger partial charge on any atom is -0.394 e. The standard InChI is InChI=1S/C5H11N5/c1-10-5(8)4(7)3(2-6)9-10/h2,6-8H2,1H3. The van der Waals surface area contributed by atoms with Crippen LogP contribution in [-0.2, 0) is 13.6 Å². The van der Waals surface area contributed by atoms with Gasteiger partial charge < -0.3 is 17.2 Å². The zero-order valence-corrected chi connectivity index (χ0v) is 5.83. The Kier molecular flexibility index (Phi) is 1.50. The van der Waals surface area contributed by atoms with Crippen LogP contribution in [0.4, 0.5) is 11.5 Å². The van der Waals surface area contributed by atoms with E-state index in [1.165, 1.54) is 4.68 Å². The summed E-state index contributed by atoms with van der Waals surface area (Å²) in [6.45, 7) is 0.330.